The first kappa shape index (κ1) is 13.0. The fourth-order valence-electron chi connectivity index (χ4n) is 1.81. The van der Waals surface area contributed by atoms with E-state index in [0.717, 1.165) is 17.8 Å². The van der Waals surface area contributed by atoms with Crippen molar-refractivity contribution in [2.45, 2.75) is 19.5 Å². The number of rotatable bonds is 1. The predicted octanol–water partition coefficient (Wildman–Crippen LogP) is 3.30. The highest BCUT2D eigenvalue weighted by Crippen LogP contribution is 2.39. The third kappa shape index (κ3) is 2.38. The number of thioether (sulfide) groups is 1. The number of nitrogens with two attached hydrogens (primary N) is 1. The summed E-state index contributed by atoms with van der Waals surface area (Å²) in [5.41, 5.74) is 5.95. The Kier molecular flexibility index (Phi) is 3.14. The fourth-order valence-corrected chi connectivity index (χ4v) is 2.59. The van der Waals surface area contributed by atoms with Gasteiger partial charge in [0.15, 0.2) is 5.12 Å². The van der Waals surface area contributed by atoms with Crippen molar-refractivity contribution in [3.05, 3.63) is 39.9 Å². The van der Waals surface area contributed by atoms with Crippen LogP contribution in [0.25, 0.3) is 5.57 Å². The first-order chi connectivity index (χ1) is 8.29. The quantitative estimate of drug-likeness (QED) is 0.853. The molecule has 1 aliphatic heterocycles. The first-order valence-electron chi connectivity index (χ1n) is 5.16. The van der Waals surface area contributed by atoms with E-state index >= 15 is 0 Å². The summed E-state index contributed by atoms with van der Waals surface area (Å²) in [6.45, 7) is 1.40. The Bertz CT molecular complexity index is 549. The molecule has 2 N–H and O–H groups in total. The number of carbonyl (C=O) groups excluding carboxylic acids is 1. The van der Waals surface area contributed by atoms with Crippen LogP contribution in [0.5, 0.6) is 0 Å². The third-order valence-corrected chi connectivity index (χ3v) is 3.57. The van der Waals surface area contributed by atoms with Gasteiger partial charge in [-0.1, -0.05) is 12.1 Å². The highest BCUT2D eigenvalue weighted by Gasteiger charge is 2.33. The van der Waals surface area contributed by atoms with Gasteiger partial charge in [-0.2, -0.15) is 13.2 Å². The van der Waals surface area contributed by atoms with E-state index in [4.69, 9.17) is 5.73 Å². The molecule has 2 rings (SSSR count). The van der Waals surface area contributed by atoms with E-state index in [9.17, 15) is 18.0 Å². The Morgan fingerprint density at radius 3 is 2.50 bits per heavy atom. The minimum Gasteiger partial charge on any atom is -0.393 e. The van der Waals surface area contributed by atoms with E-state index in [0.29, 0.717) is 11.1 Å². The monoisotopic (exact) mass is 273 g/mol. The molecule has 1 heterocycles. The zero-order chi connectivity index (χ0) is 13.5. The maximum Gasteiger partial charge on any atom is 0.416 e. The first-order valence-corrected chi connectivity index (χ1v) is 5.98. The summed E-state index contributed by atoms with van der Waals surface area (Å²) in [5, 5.41) is 0.147. The van der Waals surface area contributed by atoms with E-state index < -0.39 is 11.7 Å². The van der Waals surface area contributed by atoms with Crippen LogP contribution in [-0.4, -0.2) is 5.12 Å². The molecule has 0 atom stereocenters. The Hall–Kier alpha value is -1.43. The molecule has 2 nitrogen and oxygen atoms in total. The maximum absolute atomic E-state index is 12.8. The number of hydrogen-bond donors (Lipinski definition) is 1. The Morgan fingerprint density at radius 2 is 2.00 bits per heavy atom. The van der Waals surface area contributed by atoms with Gasteiger partial charge >= 0.3 is 6.18 Å². The molecule has 0 amide bonds. The average molecular weight is 273 g/mol. The van der Waals surface area contributed by atoms with Gasteiger partial charge < -0.3 is 5.73 Å². The number of benzene rings is 1. The number of allylic oxidation sites excluding steroid dienone is 1. The van der Waals surface area contributed by atoms with Crippen LogP contribution in [0.3, 0.4) is 0 Å². The Balaban J connectivity index is 2.49. The molecule has 0 unspecified atom stereocenters. The predicted molar refractivity (Wildman–Crippen MR) is 64.5 cm³/mol. The van der Waals surface area contributed by atoms with Crippen molar-refractivity contribution >= 4 is 22.5 Å². The van der Waals surface area contributed by atoms with Gasteiger partial charge in [-0.3, -0.25) is 4.79 Å². The van der Waals surface area contributed by atoms with Crippen LogP contribution in [0, 0.1) is 6.92 Å². The number of carbonyl (C=O) groups is 1. The van der Waals surface area contributed by atoms with E-state index in [2.05, 4.69) is 0 Å². The zero-order valence-electron chi connectivity index (χ0n) is 9.47. The van der Waals surface area contributed by atoms with Gasteiger partial charge in [0.25, 0.3) is 0 Å². The standard InChI is InChI=1S/C12H10F3NOS/c1-6-2-3-7(4-9(6)12(13,14)15)8-5-10(17)18-11(8)16/h2-4H,5,16H2,1H3. The van der Waals surface area contributed by atoms with Crippen molar-refractivity contribution < 1.29 is 18.0 Å². The molecule has 0 saturated carbocycles. The van der Waals surface area contributed by atoms with Crippen LogP contribution >= 0.6 is 11.8 Å². The zero-order valence-corrected chi connectivity index (χ0v) is 10.3. The van der Waals surface area contributed by atoms with Crippen molar-refractivity contribution in [1.29, 1.82) is 0 Å². The Labute approximate surface area is 106 Å². The van der Waals surface area contributed by atoms with Crippen molar-refractivity contribution in [3.63, 3.8) is 0 Å². The Morgan fingerprint density at radius 1 is 1.33 bits per heavy atom. The third-order valence-electron chi connectivity index (χ3n) is 2.73. The van der Waals surface area contributed by atoms with Gasteiger partial charge in [-0.25, -0.2) is 0 Å². The van der Waals surface area contributed by atoms with E-state index in [1.807, 2.05) is 0 Å². The minimum atomic E-state index is -4.40. The maximum atomic E-state index is 12.8. The van der Waals surface area contributed by atoms with Crippen molar-refractivity contribution in [2.24, 2.45) is 5.73 Å². The number of halogens is 3. The largest absolute Gasteiger partial charge is 0.416 e. The number of alkyl halides is 3. The molecule has 0 saturated heterocycles. The van der Waals surface area contributed by atoms with Crippen molar-refractivity contribution in [2.75, 3.05) is 0 Å². The summed E-state index contributed by atoms with van der Waals surface area (Å²) in [6.07, 6.45) is -4.32. The second-order valence-corrected chi connectivity index (χ2v) is 5.12. The van der Waals surface area contributed by atoms with Crippen molar-refractivity contribution in [1.82, 2.24) is 0 Å². The van der Waals surface area contributed by atoms with Gasteiger partial charge in [0.1, 0.15) is 0 Å². The molecule has 0 spiro atoms. The molecule has 0 aromatic heterocycles. The lowest BCUT2D eigenvalue weighted by Gasteiger charge is -2.12. The number of aryl methyl sites for hydroxylation is 1. The van der Waals surface area contributed by atoms with Crippen LogP contribution in [0.4, 0.5) is 13.2 Å². The number of hydrogen-bond acceptors (Lipinski definition) is 3. The van der Waals surface area contributed by atoms with Crippen LogP contribution in [0.2, 0.25) is 0 Å². The van der Waals surface area contributed by atoms with E-state index in [1.54, 1.807) is 6.07 Å². The lowest BCUT2D eigenvalue weighted by molar-refractivity contribution is -0.138. The van der Waals surface area contributed by atoms with Gasteiger partial charge in [0.2, 0.25) is 0 Å². The summed E-state index contributed by atoms with van der Waals surface area (Å²) < 4.78 is 38.3. The minimum absolute atomic E-state index is 0.0802. The molecule has 0 radical (unpaired) electrons. The van der Waals surface area contributed by atoms with Crippen LogP contribution in [0.1, 0.15) is 23.1 Å². The van der Waals surface area contributed by atoms with E-state index in [-0.39, 0.29) is 22.1 Å². The lowest BCUT2D eigenvalue weighted by atomic mass is 9.98. The molecule has 18 heavy (non-hydrogen) atoms. The molecule has 1 aromatic carbocycles. The molecule has 0 bridgehead atoms. The average Bonchev–Trinajstić information content (AvgIpc) is 2.57. The lowest BCUT2D eigenvalue weighted by Crippen LogP contribution is -2.08. The molecule has 0 aliphatic carbocycles. The van der Waals surface area contributed by atoms with E-state index in [1.165, 1.54) is 13.0 Å². The molecule has 6 heteroatoms. The van der Waals surface area contributed by atoms with Crippen LogP contribution < -0.4 is 5.73 Å². The van der Waals surface area contributed by atoms with Gasteiger partial charge in [-0.15, -0.1) is 0 Å². The highest BCUT2D eigenvalue weighted by atomic mass is 32.2. The molecular formula is C12H10F3NOS. The second-order valence-electron chi connectivity index (χ2n) is 4.02. The van der Waals surface area contributed by atoms with Crippen LogP contribution in [-0.2, 0) is 11.0 Å². The molecular weight excluding hydrogens is 263 g/mol. The van der Waals surface area contributed by atoms with Gasteiger partial charge in [-0.05, 0) is 41.5 Å². The second kappa shape index (κ2) is 4.35. The fraction of sp³-hybridized carbons (Fsp3) is 0.250. The summed E-state index contributed by atoms with van der Waals surface area (Å²) >= 11 is 0.878. The SMILES string of the molecule is Cc1ccc(C2=C(N)SC(=O)C2)cc1C(F)(F)F. The molecule has 1 aromatic rings. The summed E-state index contributed by atoms with van der Waals surface area (Å²) in [7, 11) is 0. The van der Waals surface area contributed by atoms with Gasteiger partial charge in [0, 0.05) is 6.42 Å². The van der Waals surface area contributed by atoms with Gasteiger partial charge in [0.05, 0.1) is 10.6 Å². The summed E-state index contributed by atoms with van der Waals surface area (Å²) in [5.74, 6) is 0. The topological polar surface area (TPSA) is 43.1 Å². The van der Waals surface area contributed by atoms with Crippen LogP contribution in [0.15, 0.2) is 23.2 Å². The molecule has 96 valence electrons. The molecule has 1 aliphatic rings. The van der Waals surface area contributed by atoms with Crippen molar-refractivity contribution in [3.8, 4) is 0 Å². The molecule has 0 fully saturated rings. The summed E-state index contributed by atoms with van der Waals surface area (Å²) in [4.78, 5) is 11.2. The highest BCUT2D eigenvalue weighted by molar-refractivity contribution is 8.17. The smallest absolute Gasteiger partial charge is 0.393 e. The normalized spacial score (nSPS) is 16.6. The summed E-state index contributed by atoms with van der Waals surface area (Å²) in [6, 6.07) is 4.01.